The maximum absolute atomic E-state index is 10.6. The summed E-state index contributed by atoms with van der Waals surface area (Å²) in [5.74, 6) is -0.658. The van der Waals surface area contributed by atoms with Crippen LogP contribution in [0, 0.1) is 5.41 Å². The number of rotatable bonds is 3. The molecule has 0 unspecified atom stereocenters. The van der Waals surface area contributed by atoms with Crippen molar-refractivity contribution in [2.24, 2.45) is 11.1 Å². The SMILES string of the molecule is NC12CCC(CCC(=O)O)(CC1)CC2. The third-order valence-corrected chi connectivity index (χ3v) is 4.33. The van der Waals surface area contributed by atoms with Crippen LogP contribution in [0.25, 0.3) is 0 Å². The molecule has 14 heavy (non-hydrogen) atoms. The van der Waals surface area contributed by atoms with Gasteiger partial charge >= 0.3 is 5.97 Å². The minimum atomic E-state index is -0.658. The Morgan fingerprint density at radius 1 is 1.14 bits per heavy atom. The number of nitrogens with two attached hydrogens (primary N) is 1. The van der Waals surface area contributed by atoms with Gasteiger partial charge in [-0.25, -0.2) is 0 Å². The molecule has 0 saturated heterocycles. The molecule has 3 nitrogen and oxygen atoms in total. The zero-order chi connectivity index (χ0) is 10.2. The van der Waals surface area contributed by atoms with E-state index in [0.717, 1.165) is 44.9 Å². The van der Waals surface area contributed by atoms with Crippen LogP contribution in [0.5, 0.6) is 0 Å². The zero-order valence-electron chi connectivity index (χ0n) is 8.59. The average Bonchev–Trinajstić information content (AvgIpc) is 2.17. The predicted molar refractivity (Wildman–Crippen MR) is 53.9 cm³/mol. The highest BCUT2D eigenvalue weighted by Crippen LogP contribution is 2.53. The zero-order valence-corrected chi connectivity index (χ0v) is 8.59. The summed E-state index contributed by atoms with van der Waals surface area (Å²) in [7, 11) is 0. The van der Waals surface area contributed by atoms with E-state index in [1.807, 2.05) is 0 Å². The summed E-state index contributed by atoms with van der Waals surface area (Å²) in [6.07, 6.45) is 7.95. The lowest BCUT2D eigenvalue weighted by Gasteiger charge is -2.52. The van der Waals surface area contributed by atoms with E-state index in [0.29, 0.717) is 11.8 Å². The Labute approximate surface area is 84.7 Å². The van der Waals surface area contributed by atoms with Crippen LogP contribution in [0.3, 0.4) is 0 Å². The first kappa shape index (κ1) is 9.97. The van der Waals surface area contributed by atoms with Gasteiger partial charge in [-0.15, -0.1) is 0 Å². The van der Waals surface area contributed by atoms with Gasteiger partial charge in [0.15, 0.2) is 0 Å². The number of carbonyl (C=O) groups is 1. The Morgan fingerprint density at radius 2 is 1.64 bits per heavy atom. The highest BCUT2D eigenvalue weighted by Gasteiger charge is 2.46. The summed E-state index contributed by atoms with van der Waals surface area (Å²) in [6, 6.07) is 0. The molecule has 3 N–H and O–H groups in total. The molecule has 0 aromatic heterocycles. The number of carboxylic acids is 1. The van der Waals surface area contributed by atoms with Gasteiger partial charge in [0.2, 0.25) is 0 Å². The molecule has 80 valence electrons. The van der Waals surface area contributed by atoms with Gasteiger partial charge in [0.05, 0.1) is 0 Å². The smallest absolute Gasteiger partial charge is 0.303 e. The molecule has 0 radical (unpaired) electrons. The number of hydrogen-bond donors (Lipinski definition) is 2. The molecule has 0 aromatic rings. The number of fused-ring (bicyclic) bond motifs is 3. The third kappa shape index (κ3) is 1.78. The summed E-state index contributed by atoms with van der Waals surface area (Å²) < 4.78 is 0. The minimum absolute atomic E-state index is 0.102. The molecule has 0 aliphatic heterocycles. The van der Waals surface area contributed by atoms with Crippen LogP contribution in [0.4, 0.5) is 0 Å². The lowest BCUT2D eigenvalue weighted by molar-refractivity contribution is -0.138. The molecule has 3 saturated carbocycles. The fourth-order valence-corrected chi connectivity index (χ4v) is 3.04. The lowest BCUT2D eigenvalue weighted by atomic mass is 9.56. The molecular weight excluding hydrogens is 178 g/mol. The molecule has 3 aliphatic rings. The van der Waals surface area contributed by atoms with Crippen LogP contribution in [0.2, 0.25) is 0 Å². The molecule has 0 amide bonds. The van der Waals surface area contributed by atoms with Crippen LogP contribution in [0.15, 0.2) is 0 Å². The summed E-state index contributed by atoms with van der Waals surface area (Å²) in [5.41, 5.74) is 6.63. The molecule has 3 heteroatoms. The average molecular weight is 197 g/mol. The Morgan fingerprint density at radius 3 is 2.07 bits per heavy atom. The Kier molecular flexibility index (Phi) is 2.30. The van der Waals surface area contributed by atoms with Crippen molar-refractivity contribution in [1.29, 1.82) is 0 Å². The largest absolute Gasteiger partial charge is 0.481 e. The second-order valence-corrected chi connectivity index (χ2v) is 5.26. The van der Waals surface area contributed by atoms with E-state index >= 15 is 0 Å². The van der Waals surface area contributed by atoms with Crippen molar-refractivity contribution in [2.75, 3.05) is 0 Å². The van der Waals surface area contributed by atoms with E-state index in [1.165, 1.54) is 0 Å². The van der Waals surface area contributed by atoms with E-state index in [1.54, 1.807) is 0 Å². The molecule has 0 aromatic carbocycles. The maximum Gasteiger partial charge on any atom is 0.303 e. The topological polar surface area (TPSA) is 63.3 Å². The van der Waals surface area contributed by atoms with Gasteiger partial charge in [0.1, 0.15) is 0 Å². The second-order valence-electron chi connectivity index (χ2n) is 5.26. The van der Waals surface area contributed by atoms with E-state index < -0.39 is 5.97 Å². The molecule has 3 fully saturated rings. The van der Waals surface area contributed by atoms with Gasteiger partial charge in [-0.05, 0) is 50.4 Å². The normalized spacial score (nSPS) is 41.2. The minimum Gasteiger partial charge on any atom is -0.481 e. The van der Waals surface area contributed by atoms with E-state index in [2.05, 4.69) is 0 Å². The lowest BCUT2D eigenvalue weighted by Crippen LogP contribution is -2.51. The number of hydrogen-bond acceptors (Lipinski definition) is 2. The van der Waals surface area contributed by atoms with Gasteiger partial charge in [-0.2, -0.15) is 0 Å². The highest BCUT2D eigenvalue weighted by atomic mass is 16.4. The van der Waals surface area contributed by atoms with Gasteiger partial charge in [-0.3, -0.25) is 4.79 Å². The van der Waals surface area contributed by atoms with Crippen molar-refractivity contribution in [3.05, 3.63) is 0 Å². The first-order chi connectivity index (χ1) is 6.54. The van der Waals surface area contributed by atoms with Crippen molar-refractivity contribution in [1.82, 2.24) is 0 Å². The molecule has 0 atom stereocenters. The van der Waals surface area contributed by atoms with Crippen molar-refractivity contribution in [2.45, 2.75) is 56.9 Å². The number of carboxylic acid groups (broad SMARTS) is 1. The third-order valence-electron chi connectivity index (χ3n) is 4.33. The fraction of sp³-hybridized carbons (Fsp3) is 0.909. The predicted octanol–water partition coefficient (Wildman–Crippen LogP) is 1.90. The Hall–Kier alpha value is -0.570. The quantitative estimate of drug-likeness (QED) is 0.726. The van der Waals surface area contributed by atoms with Crippen molar-refractivity contribution in [3.63, 3.8) is 0 Å². The summed E-state index contributed by atoms with van der Waals surface area (Å²) >= 11 is 0. The van der Waals surface area contributed by atoms with Crippen LogP contribution in [0.1, 0.15) is 51.4 Å². The van der Waals surface area contributed by atoms with Crippen LogP contribution in [-0.4, -0.2) is 16.6 Å². The molecule has 3 aliphatic carbocycles. The van der Waals surface area contributed by atoms with Gasteiger partial charge < -0.3 is 10.8 Å². The highest BCUT2D eigenvalue weighted by molar-refractivity contribution is 5.66. The van der Waals surface area contributed by atoms with Crippen molar-refractivity contribution in [3.8, 4) is 0 Å². The number of aliphatic carboxylic acids is 1. The summed E-state index contributed by atoms with van der Waals surface area (Å²) in [4.78, 5) is 10.6. The van der Waals surface area contributed by atoms with Crippen molar-refractivity contribution < 1.29 is 9.90 Å². The van der Waals surface area contributed by atoms with Crippen LogP contribution >= 0.6 is 0 Å². The first-order valence-electron chi connectivity index (χ1n) is 5.54. The van der Waals surface area contributed by atoms with Crippen LogP contribution in [-0.2, 0) is 4.79 Å². The maximum atomic E-state index is 10.6. The Balaban J connectivity index is 1.95. The molecular formula is C11H19NO2. The van der Waals surface area contributed by atoms with Gasteiger partial charge in [-0.1, -0.05) is 0 Å². The second kappa shape index (κ2) is 3.23. The molecule has 2 bridgehead atoms. The van der Waals surface area contributed by atoms with Crippen molar-refractivity contribution >= 4 is 5.97 Å². The monoisotopic (exact) mass is 197 g/mol. The molecule has 0 spiro atoms. The summed E-state index contributed by atoms with van der Waals surface area (Å²) in [5, 5.41) is 8.69. The van der Waals surface area contributed by atoms with E-state index in [9.17, 15) is 4.79 Å². The van der Waals surface area contributed by atoms with Gasteiger partial charge in [0, 0.05) is 12.0 Å². The molecule has 0 heterocycles. The van der Waals surface area contributed by atoms with Gasteiger partial charge in [0.25, 0.3) is 0 Å². The standard InChI is InChI=1S/C11H19NO2/c12-11-6-3-10(4-7-11,5-8-11)2-1-9(13)14/h1-8,12H2,(H,13,14). The fourth-order valence-electron chi connectivity index (χ4n) is 3.04. The molecule has 3 rings (SSSR count). The van der Waals surface area contributed by atoms with Crippen LogP contribution < -0.4 is 5.73 Å². The first-order valence-corrected chi connectivity index (χ1v) is 5.54. The Bertz CT molecular complexity index is 225. The van der Waals surface area contributed by atoms with E-state index in [4.69, 9.17) is 10.8 Å². The summed E-state index contributed by atoms with van der Waals surface area (Å²) in [6.45, 7) is 0. The van der Waals surface area contributed by atoms with E-state index in [-0.39, 0.29) is 5.54 Å².